The molecule has 96 valence electrons. The smallest absolute Gasteiger partial charge is 0.148 e. The van der Waals surface area contributed by atoms with Gasteiger partial charge in [0, 0.05) is 12.4 Å². The number of benzene rings is 2. The molecule has 0 amide bonds. The minimum atomic E-state index is -0.354. The van der Waals surface area contributed by atoms with Gasteiger partial charge >= 0.3 is 0 Å². The van der Waals surface area contributed by atoms with E-state index >= 15 is 0 Å². The van der Waals surface area contributed by atoms with Crippen LogP contribution in [0.15, 0.2) is 53.1 Å². The Morgan fingerprint density at radius 3 is 2.68 bits per heavy atom. The van der Waals surface area contributed by atoms with Gasteiger partial charge in [0.05, 0.1) is 11.4 Å². The molecule has 3 nitrogen and oxygen atoms in total. The topological polar surface area (TPSA) is 42.4 Å². The summed E-state index contributed by atoms with van der Waals surface area (Å²) in [6, 6.07) is 12.3. The van der Waals surface area contributed by atoms with Crippen molar-refractivity contribution in [2.75, 3.05) is 17.7 Å². The molecule has 0 aliphatic carbocycles. The zero-order valence-corrected chi connectivity index (χ0v) is 10.4. The zero-order chi connectivity index (χ0) is 13.4. The third-order valence-corrected chi connectivity index (χ3v) is 3.18. The first-order valence-corrected chi connectivity index (χ1v) is 5.92. The van der Waals surface area contributed by atoms with Gasteiger partial charge in [-0.25, -0.2) is 4.39 Å². The van der Waals surface area contributed by atoms with E-state index in [1.807, 2.05) is 24.3 Å². The molecule has 0 saturated carbocycles. The summed E-state index contributed by atoms with van der Waals surface area (Å²) in [5.74, 6) is -0.354. The zero-order valence-electron chi connectivity index (χ0n) is 10.4. The molecular weight excluding hydrogens is 243 g/mol. The maximum Gasteiger partial charge on any atom is 0.148 e. The van der Waals surface area contributed by atoms with Gasteiger partial charge in [-0.15, -0.1) is 0 Å². The summed E-state index contributed by atoms with van der Waals surface area (Å²) in [6.45, 7) is 0. The lowest BCUT2D eigenvalue weighted by molar-refractivity contribution is 0.614. The first kappa shape index (κ1) is 11.6. The standard InChI is InChI=1S/C15H13FN2O/c1-18(15-11(16)6-4-7-12(15)17)13-9-19-14-8-3-2-5-10(13)14/h2-9H,17H2,1H3. The predicted octanol–water partition coefficient (Wildman–Crippen LogP) is 3.92. The van der Waals surface area contributed by atoms with E-state index in [0.717, 1.165) is 16.7 Å². The normalized spacial score (nSPS) is 10.8. The third-order valence-electron chi connectivity index (χ3n) is 3.18. The number of anilines is 3. The Bertz CT molecular complexity index is 716. The fourth-order valence-corrected chi connectivity index (χ4v) is 2.23. The number of nitrogens with two attached hydrogens (primary N) is 1. The Balaban J connectivity index is 2.16. The minimum absolute atomic E-state index is 0.354. The van der Waals surface area contributed by atoms with Crippen molar-refractivity contribution in [2.24, 2.45) is 0 Å². The van der Waals surface area contributed by atoms with E-state index in [4.69, 9.17) is 10.2 Å². The number of nitrogen functional groups attached to an aromatic ring is 1. The van der Waals surface area contributed by atoms with Gasteiger partial charge in [-0.3, -0.25) is 0 Å². The predicted molar refractivity (Wildman–Crippen MR) is 75.1 cm³/mol. The third kappa shape index (κ3) is 1.81. The van der Waals surface area contributed by atoms with Crippen LogP contribution >= 0.6 is 0 Å². The molecule has 0 fully saturated rings. The van der Waals surface area contributed by atoms with Gasteiger partial charge in [-0.2, -0.15) is 0 Å². The average molecular weight is 256 g/mol. The lowest BCUT2D eigenvalue weighted by Gasteiger charge is -2.20. The van der Waals surface area contributed by atoms with Gasteiger partial charge in [0.25, 0.3) is 0 Å². The van der Waals surface area contributed by atoms with Crippen molar-refractivity contribution >= 4 is 28.0 Å². The highest BCUT2D eigenvalue weighted by atomic mass is 19.1. The largest absolute Gasteiger partial charge is 0.462 e. The van der Waals surface area contributed by atoms with Crippen LogP contribution in [0.3, 0.4) is 0 Å². The van der Waals surface area contributed by atoms with Crippen LogP contribution in [0.5, 0.6) is 0 Å². The monoisotopic (exact) mass is 256 g/mol. The van der Waals surface area contributed by atoms with Crippen molar-refractivity contribution in [2.45, 2.75) is 0 Å². The molecule has 2 N–H and O–H groups in total. The van der Waals surface area contributed by atoms with Crippen molar-refractivity contribution in [3.05, 3.63) is 54.5 Å². The molecule has 19 heavy (non-hydrogen) atoms. The fourth-order valence-electron chi connectivity index (χ4n) is 2.23. The number of halogens is 1. The van der Waals surface area contributed by atoms with E-state index in [2.05, 4.69) is 0 Å². The minimum Gasteiger partial charge on any atom is -0.462 e. The molecule has 0 atom stereocenters. The van der Waals surface area contributed by atoms with Crippen LogP contribution in [0.1, 0.15) is 0 Å². The summed E-state index contributed by atoms with van der Waals surface area (Å²) in [6.07, 6.45) is 1.61. The molecule has 0 spiro atoms. The van der Waals surface area contributed by atoms with Crippen LogP contribution in [-0.4, -0.2) is 7.05 Å². The maximum atomic E-state index is 13.9. The van der Waals surface area contributed by atoms with Crippen molar-refractivity contribution in [3.63, 3.8) is 0 Å². The number of rotatable bonds is 2. The molecule has 2 aromatic carbocycles. The molecule has 0 radical (unpaired) electrons. The van der Waals surface area contributed by atoms with E-state index in [1.54, 1.807) is 30.3 Å². The van der Waals surface area contributed by atoms with Crippen LogP contribution in [0.25, 0.3) is 11.0 Å². The second-order valence-electron chi connectivity index (χ2n) is 4.35. The Morgan fingerprint density at radius 2 is 1.89 bits per heavy atom. The van der Waals surface area contributed by atoms with Gasteiger partial charge in [-0.05, 0) is 24.3 Å². The summed E-state index contributed by atoms with van der Waals surface area (Å²) < 4.78 is 19.4. The molecule has 0 unspecified atom stereocenters. The molecule has 1 aromatic heterocycles. The molecule has 0 aliphatic heterocycles. The fraction of sp³-hybridized carbons (Fsp3) is 0.0667. The molecule has 3 rings (SSSR count). The number of hydrogen-bond acceptors (Lipinski definition) is 3. The molecule has 4 heteroatoms. The van der Waals surface area contributed by atoms with Gasteiger partial charge in [0.15, 0.2) is 0 Å². The molecule has 0 bridgehead atoms. The molecule has 0 aliphatic rings. The molecular formula is C15H13FN2O. The second-order valence-corrected chi connectivity index (χ2v) is 4.35. The van der Waals surface area contributed by atoms with Gasteiger partial charge in [-0.1, -0.05) is 18.2 Å². The van der Waals surface area contributed by atoms with E-state index in [9.17, 15) is 4.39 Å². The van der Waals surface area contributed by atoms with E-state index < -0.39 is 0 Å². The highest BCUT2D eigenvalue weighted by Crippen LogP contribution is 2.36. The number of furan rings is 1. The molecule has 3 aromatic rings. The lowest BCUT2D eigenvalue weighted by Crippen LogP contribution is -2.13. The highest BCUT2D eigenvalue weighted by Gasteiger charge is 2.16. The Kier molecular flexibility index (Phi) is 2.63. The average Bonchev–Trinajstić information content (AvgIpc) is 2.82. The van der Waals surface area contributed by atoms with E-state index in [1.165, 1.54) is 6.07 Å². The summed E-state index contributed by atoms with van der Waals surface area (Å²) in [7, 11) is 1.77. The van der Waals surface area contributed by atoms with Crippen LogP contribution in [0.2, 0.25) is 0 Å². The molecule has 0 saturated heterocycles. The maximum absolute atomic E-state index is 13.9. The lowest BCUT2D eigenvalue weighted by atomic mass is 10.2. The number of fused-ring (bicyclic) bond motifs is 1. The number of para-hydroxylation sites is 2. The summed E-state index contributed by atoms with van der Waals surface area (Å²) in [5, 5.41) is 0.924. The van der Waals surface area contributed by atoms with Crippen molar-refractivity contribution < 1.29 is 8.81 Å². The highest BCUT2D eigenvalue weighted by molar-refractivity contribution is 5.94. The quantitative estimate of drug-likeness (QED) is 0.706. The summed E-state index contributed by atoms with van der Waals surface area (Å²) in [5.41, 5.74) is 8.16. The van der Waals surface area contributed by atoms with Gasteiger partial charge in [0.2, 0.25) is 0 Å². The van der Waals surface area contributed by atoms with Crippen molar-refractivity contribution in [1.29, 1.82) is 0 Å². The summed E-state index contributed by atoms with van der Waals surface area (Å²) >= 11 is 0. The van der Waals surface area contributed by atoms with E-state index in [0.29, 0.717) is 11.4 Å². The SMILES string of the molecule is CN(c1c(N)cccc1F)c1coc2ccccc12. The van der Waals surface area contributed by atoms with Crippen molar-refractivity contribution in [3.8, 4) is 0 Å². The van der Waals surface area contributed by atoms with Gasteiger partial charge < -0.3 is 15.1 Å². The number of nitrogens with zero attached hydrogens (tertiary/aromatic N) is 1. The van der Waals surface area contributed by atoms with E-state index in [-0.39, 0.29) is 5.82 Å². The van der Waals surface area contributed by atoms with Crippen LogP contribution < -0.4 is 10.6 Å². The Labute approximate surface area is 110 Å². The first-order chi connectivity index (χ1) is 9.18. The van der Waals surface area contributed by atoms with Crippen molar-refractivity contribution in [1.82, 2.24) is 0 Å². The number of hydrogen-bond donors (Lipinski definition) is 1. The van der Waals surface area contributed by atoms with Crippen LogP contribution in [0, 0.1) is 5.82 Å². The first-order valence-electron chi connectivity index (χ1n) is 5.92. The van der Waals surface area contributed by atoms with Crippen LogP contribution in [-0.2, 0) is 0 Å². The van der Waals surface area contributed by atoms with Gasteiger partial charge in [0.1, 0.15) is 23.4 Å². The Morgan fingerprint density at radius 1 is 1.11 bits per heavy atom. The Hall–Kier alpha value is -2.49. The second kappa shape index (κ2) is 4.31. The summed E-state index contributed by atoms with van der Waals surface area (Å²) in [4.78, 5) is 1.70. The molecule has 1 heterocycles. The van der Waals surface area contributed by atoms with Crippen LogP contribution in [0.4, 0.5) is 21.5 Å².